The van der Waals surface area contributed by atoms with Crippen molar-refractivity contribution in [2.45, 2.75) is 112 Å². The number of rotatable bonds is 3. The standard InChI is InChI=1S/C16H23BN2O2.C10H11BrN2.C6H5BrFN.C4H7N.B4/c1-11-12(8-9-13(19-11)14(2,3)10-18)17-20-15(4,5)16(6,7)21-17;1-7-8(11)4-5-9(13-7)10(2,3)6-12;1-4-5(7)2-3-6(8)9-4;1-4(2)3-5;1-4(2)3/h8-9H,1-7H3;4-5H,1-3H3;2-3H,1H3;4H,1-2H3;. The molecule has 268 valence electrons. The number of aryl methyl sites for hydroxylation is 3. The van der Waals surface area contributed by atoms with E-state index in [-0.39, 0.29) is 17.1 Å². The van der Waals surface area contributed by atoms with Crippen LogP contribution in [0.1, 0.15) is 97.7 Å². The molecule has 0 N–H and O–H groups in total. The summed E-state index contributed by atoms with van der Waals surface area (Å²) in [5, 5.41) is 26.0. The van der Waals surface area contributed by atoms with E-state index in [1.54, 1.807) is 13.0 Å². The molecule has 8 nitrogen and oxygen atoms in total. The summed E-state index contributed by atoms with van der Waals surface area (Å²) in [6.45, 7) is 24.9. The fraction of sp³-hybridized carbons (Fsp3) is 0.500. The van der Waals surface area contributed by atoms with E-state index < -0.39 is 30.3 Å². The van der Waals surface area contributed by atoms with Gasteiger partial charge < -0.3 is 9.31 Å². The third kappa shape index (κ3) is 16.0. The average molecular weight is 828 g/mol. The topological polar surface area (TPSA) is 128 Å². The lowest BCUT2D eigenvalue weighted by atomic mass is 9.08. The normalized spacial score (nSPS) is 13.8. The third-order valence-electron chi connectivity index (χ3n) is 7.74. The molecular formula is C36H46B5Br2FN6O2. The zero-order valence-electron chi connectivity index (χ0n) is 32.6. The van der Waals surface area contributed by atoms with E-state index in [9.17, 15) is 9.65 Å². The van der Waals surface area contributed by atoms with Crippen LogP contribution in [0.2, 0.25) is 0 Å². The summed E-state index contributed by atoms with van der Waals surface area (Å²) in [4.78, 5) is 12.5. The van der Waals surface area contributed by atoms with Crippen LogP contribution < -0.4 is 5.46 Å². The lowest BCUT2D eigenvalue weighted by Crippen LogP contribution is -2.41. The molecule has 0 unspecified atom stereocenters. The van der Waals surface area contributed by atoms with E-state index in [2.05, 4.69) is 82.2 Å². The molecule has 6 radical (unpaired) electrons. The quantitative estimate of drug-likeness (QED) is 0.198. The molecule has 0 atom stereocenters. The highest BCUT2D eigenvalue weighted by atomic mass is 79.9. The minimum absolute atomic E-state index is 0.190. The van der Waals surface area contributed by atoms with Crippen LogP contribution in [-0.2, 0) is 20.1 Å². The predicted molar refractivity (Wildman–Crippen MR) is 219 cm³/mol. The Labute approximate surface area is 332 Å². The fourth-order valence-corrected chi connectivity index (χ4v) is 4.10. The molecule has 0 spiro atoms. The van der Waals surface area contributed by atoms with E-state index in [1.165, 1.54) is 6.07 Å². The van der Waals surface area contributed by atoms with Gasteiger partial charge in [0.2, 0.25) is 5.95 Å². The Balaban J connectivity index is 0.000000714. The molecule has 1 fully saturated rings. The number of halogens is 3. The SMILES string of the molecule is CC(C)C#N.Cc1nc(C(C)(C)C#N)ccc1B1OC(C)(C)C(C)(C)O1.Cc1nc(C(C)(C)C#N)ccc1Br.Cc1nc(F)ccc1Br.[B]B([B])[B]. The summed E-state index contributed by atoms with van der Waals surface area (Å²) < 4.78 is 26.1. The lowest BCUT2D eigenvalue weighted by molar-refractivity contribution is 0.00578. The number of pyridine rings is 3. The van der Waals surface area contributed by atoms with Gasteiger partial charge in [0.05, 0.1) is 63.0 Å². The van der Waals surface area contributed by atoms with Gasteiger partial charge in [-0.15, -0.1) is 0 Å². The van der Waals surface area contributed by atoms with Gasteiger partial charge >= 0.3 is 7.12 Å². The Kier molecular flexibility index (Phi) is 19.9. The summed E-state index contributed by atoms with van der Waals surface area (Å²) in [6.07, 6.45) is -0.667. The van der Waals surface area contributed by atoms with Gasteiger partial charge in [-0.3, -0.25) is 9.97 Å². The first kappa shape index (κ1) is 49.1. The van der Waals surface area contributed by atoms with Crippen molar-refractivity contribution in [1.29, 1.82) is 15.8 Å². The van der Waals surface area contributed by atoms with Crippen molar-refractivity contribution in [3.05, 3.63) is 79.8 Å². The minimum Gasteiger partial charge on any atom is -0.399 e. The van der Waals surface area contributed by atoms with Gasteiger partial charge in [0.15, 0.2) is 0 Å². The Morgan fingerprint density at radius 1 is 0.731 bits per heavy atom. The van der Waals surface area contributed by atoms with E-state index >= 15 is 0 Å². The molecule has 4 heterocycles. The molecule has 4 rings (SSSR count). The second-order valence-corrected chi connectivity index (χ2v) is 16.0. The summed E-state index contributed by atoms with van der Waals surface area (Å²) in [5.74, 6) is -0.245. The van der Waals surface area contributed by atoms with E-state index in [4.69, 9.17) is 19.8 Å². The van der Waals surface area contributed by atoms with Crippen molar-refractivity contribution >= 4 is 74.0 Å². The molecule has 0 bridgehead atoms. The number of aromatic nitrogens is 3. The summed E-state index contributed by atoms with van der Waals surface area (Å²) in [6, 6.07) is 17.1. The minimum atomic E-state index is -0.667. The second kappa shape index (κ2) is 21.1. The maximum absolute atomic E-state index is 12.2. The van der Waals surface area contributed by atoms with Crippen molar-refractivity contribution in [3.63, 3.8) is 0 Å². The van der Waals surface area contributed by atoms with Crippen LogP contribution in [0.4, 0.5) is 4.39 Å². The zero-order chi connectivity index (χ0) is 40.8. The van der Waals surface area contributed by atoms with Gasteiger partial charge in [-0.2, -0.15) is 20.2 Å². The Bertz CT molecular complexity index is 1740. The zero-order valence-corrected chi connectivity index (χ0v) is 35.7. The number of nitrogens with zero attached hydrogens (tertiary/aromatic N) is 6. The van der Waals surface area contributed by atoms with E-state index in [1.807, 2.05) is 113 Å². The van der Waals surface area contributed by atoms with Gasteiger partial charge in [0.25, 0.3) is 0 Å². The summed E-state index contributed by atoms with van der Waals surface area (Å²) >= 11 is 6.57. The molecular weight excluding hydrogens is 781 g/mol. The predicted octanol–water partition coefficient (Wildman–Crippen LogP) is 7.38. The molecule has 16 heteroatoms. The van der Waals surface area contributed by atoms with E-state index in [0.717, 1.165) is 37.2 Å². The molecule has 0 amide bonds. The van der Waals surface area contributed by atoms with Gasteiger partial charge in [-0.25, -0.2) is 4.98 Å². The molecule has 1 aliphatic rings. The highest BCUT2D eigenvalue weighted by Crippen LogP contribution is 2.36. The highest BCUT2D eigenvalue weighted by molar-refractivity contribution is 9.10. The molecule has 3 aromatic heterocycles. The largest absolute Gasteiger partial charge is 0.496 e. The third-order valence-corrected chi connectivity index (χ3v) is 9.42. The molecule has 0 saturated carbocycles. The first-order valence-corrected chi connectivity index (χ1v) is 18.0. The van der Waals surface area contributed by atoms with Crippen molar-refractivity contribution in [2.75, 3.05) is 0 Å². The van der Waals surface area contributed by atoms with Gasteiger partial charge in [-0.05, 0) is 152 Å². The van der Waals surface area contributed by atoms with Crippen LogP contribution in [0.3, 0.4) is 0 Å². The highest BCUT2D eigenvalue weighted by Gasteiger charge is 2.52. The van der Waals surface area contributed by atoms with Crippen molar-refractivity contribution < 1.29 is 13.7 Å². The maximum atomic E-state index is 12.2. The number of hydrogen-bond donors (Lipinski definition) is 0. The maximum Gasteiger partial charge on any atom is 0.496 e. The lowest BCUT2D eigenvalue weighted by Gasteiger charge is -2.32. The van der Waals surface area contributed by atoms with Gasteiger partial charge in [0.1, 0.15) is 0 Å². The van der Waals surface area contributed by atoms with Crippen LogP contribution in [0.5, 0.6) is 0 Å². The number of hydrogen-bond acceptors (Lipinski definition) is 8. The van der Waals surface area contributed by atoms with Crippen LogP contribution >= 0.6 is 31.9 Å². The molecule has 1 saturated heterocycles. The van der Waals surface area contributed by atoms with Crippen molar-refractivity contribution in [1.82, 2.24) is 15.0 Å². The van der Waals surface area contributed by atoms with Crippen LogP contribution in [0.25, 0.3) is 0 Å². The Morgan fingerprint density at radius 3 is 1.38 bits per heavy atom. The first-order chi connectivity index (χ1) is 23.7. The van der Waals surface area contributed by atoms with Gasteiger partial charge in [0, 0.05) is 55.6 Å². The average Bonchev–Trinajstić information content (AvgIpc) is 3.26. The van der Waals surface area contributed by atoms with Crippen molar-refractivity contribution in [2.24, 2.45) is 5.92 Å². The van der Waals surface area contributed by atoms with Crippen molar-refractivity contribution in [3.8, 4) is 18.2 Å². The summed E-state index contributed by atoms with van der Waals surface area (Å²) in [5.41, 5.74) is 3.10. The molecule has 1 aliphatic heterocycles. The van der Waals surface area contributed by atoms with E-state index in [0.29, 0.717) is 5.69 Å². The van der Waals surface area contributed by atoms with Crippen LogP contribution in [0.15, 0.2) is 45.3 Å². The second-order valence-electron chi connectivity index (χ2n) is 14.3. The monoisotopic (exact) mass is 826 g/mol. The Hall–Kier alpha value is -2.95. The summed E-state index contributed by atoms with van der Waals surface area (Å²) in [7, 11) is 13.6. The fourth-order valence-electron chi connectivity index (χ4n) is 3.66. The molecule has 52 heavy (non-hydrogen) atoms. The molecule has 0 aliphatic carbocycles. The molecule has 0 aromatic carbocycles. The van der Waals surface area contributed by atoms with Gasteiger partial charge in [-0.1, -0.05) is 6.07 Å². The smallest absolute Gasteiger partial charge is 0.399 e. The van der Waals surface area contributed by atoms with Crippen LogP contribution in [-0.4, -0.2) is 62.9 Å². The first-order valence-electron chi connectivity index (χ1n) is 16.4. The number of nitriles is 3. The molecule has 3 aromatic rings. The van der Waals surface area contributed by atoms with Crippen LogP contribution in [0, 0.1) is 66.6 Å². The Morgan fingerprint density at radius 2 is 1.08 bits per heavy atom.